The molecule has 5 nitrogen and oxygen atoms in total. The maximum atomic E-state index is 11.9. The number of hydrogen-bond acceptors (Lipinski definition) is 3. The van der Waals surface area contributed by atoms with E-state index in [0.29, 0.717) is 19.0 Å². The highest BCUT2D eigenvalue weighted by Crippen LogP contribution is 2.09. The van der Waals surface area contributed by atoms with Gasteiger partial charge in [0.2, 0.25) is 5.91 Å². The summed E-state index contributed by atoms with van der Waals surface area (Å²) >= 11 is 0. The number of nitrogens with zero attached hydrogens (tertiary/aromatic N) is 3. The van der Waals surface area contributed by atoms with Crippen LogP contribution in [-0.4, -0.2) is 46.8 Å². The smallest absolute Gasteiger partial charge is 0.223 e. The molecule has 1 amide bonds. The van der Waals surface area contributed by atoms with Gasteiger partial charge in [0.1, 0.15) is 0 Å². The van der Waals surface area contributed by atoms with Crippen molar-refractivity contribution in [3.63, 3.8) is 0 Å². The minimum atomic E-state index is 0.219. The lowest BCUT2D eigenvalue weighted by Crippen LogP contribution is -2.35. The van der Waals surface area contributed by atoms with Crippen molar-refractivity contribution in [1.82, 2.24) is 20.0 Å². The van der Waals surface area contributed by atoms with Crippen LogP contribution < -0.4 is 5.32 Å². The van der Waals surface area contributed by atoms with E-state index in [-0.39, 0.29) is 5.91 Å². The van der Waals surface area contributed by atoms with Crippen LogP contribution in [0.3, 0.4) is 0 Å². The summed E-state index contributed by atoms with van der Waals surface area (Å²) in [5.41, 5.74) is 0. The molecular formula is C12H20N4O. The number of aromatic nitrogens is 2. The van der Waals surface area contributed by atoms with Crippen LogP contribution in [0.1, 0.15) is 19.3 Å². The van der Waals surface area contributed by atoms with Gasteiger partial charge in [-0.15, -0.1) is 0 Å². The third-order valence-corrected chi connectivity index (χ3v) is 3.23. The molecule has 2 rings (SSSR count). The van der Waals surface area contributed by atoms with Gasteiger partial charge in [0.05, 0.1) is 6.54 Å². The average Bonchev–Trinajstić information content (AvgIpc) is 2.98. The number of carbonyl (C=O) groups excluding carboxylic acids is 1. The zero-order valence-corrected chi connectivity index (χ0v) is 10.3. The van der Waals surface area contributed by atoms with Gasteiger partial charge < -0.3 is 10.2 Å². The number of nitrogens with one attached hydrogen (secondary N) is 1. The van der Waals surface area contributed by atoms with Crippen LogP contribution in [0.2, 0.25) is 0 Å². The highest BCUT2D eigenvalue weighted by molar-refractivity contribution is 5.76. The van der Waals surface area contributed by atoms with Gasteiger partial charge in [-0.25, -0.2) is 0 Å². The lowest BCUT2D eigenvalue weighted by atomic mass is 10.1. The quantitative estimate of drug-likeness (QED) is 0.809. The second kappa shape index (κ2) is 5.82. The van der Waals surface area contributed by atoms with Gasteiger partial charge in [-0.2, -0.15) is 5.10 Å². The summed E-state index contributed by atoms with van der Waals surface area (Å²) in [6, 6.07) is 2.28. The minimum absolute atomic E-state index is 0.219. The van der Waals surface area contributed by atoms with E-state index in [1.165, 1.54) is 6.42 Å². The standard InChI is InChI=1S/C12H20N4O/c1-15(8-9-16-7-3-6-14-16)12(17)10-11-4-2-5-13-11/h3,6-7,11,13H,2,4-5,8-10H2,1H3. The van der Waals surface area contributed by atoms with E-state index in [2.05, 4.69) is 10.4 Å². The molecule has 5 heteroatoms. The fourth-order valence-corrected chi connectivity index (χ4v) is 2.11. The molecule has 0 bridgehead atoms. The Morgan fingerprint density at radius 2 is 2.53 bits per heavy atom. The minimum Gasteiger partial charge on any atom is -0.344 e. The predicted molar refractivity (Wildman–Crippen MR) is 65.5 cm³/mol. The number of rotatable bonds is 5. The maximum Gasteiger partial charge on any atom is 0.223 e. The summed E-state index contributed by atoms with van der Waals surface area (Å²) in [4.78, 5) is 13.7. The molecule has 1 atom stereocenters. The first-order chi connectivity index (χ1) is 8.25. The van der Waals surface area contributed by atoms with Crippen molar-refractivity contribution in [2.24, 2.45) is 0 Å². The normalized spacial score (nSPS) is 19.5. The summed E-state index contributed by atoms with van der Waals surface area (Å²) < 4.78 is 1.84. The fraction of sp³-hybridized carbons (Fsp3) is 0.667. The Bertz CT molecular complexity index is 343. The van der Waals surface area contributed by atoms with Crippen LogP contribution >= 0.6 is 0 Å². The zero-order valence-electron chi connectivity index (χ0n) is 10.3. The van der Waals surface area contributed by atoms with Crippen molar-refractivity contribution in [1.29, 1.82) is 0 Å². The molecule has 1 aliphatic heterocycles. The molecular weight excluding hydrogens is 216 g/mol. The van der Waals surface area contributed by atoms with Gasteiger partial charge in [-0.1, -0.05) is 0 Å². The Balaban J connectivity index is 1.71. The molecule has 1 N–H and O–H groups in total. The van der Waals surface area contributed by atoms with Crippen molar-refractivity contribution in [2.45, 2.75) is 31.8 Å². The summed E-state index contributed by atoms with van der Waals surface area (Å²) in [7, 11) is 1.86. The number of likely N-dealkylation sites (N-methyl/N-ethyl adjacent to an activating group) is 1. The van der Waals surface area contributed by atoms with Crippen LogP contribution in [0.25, 0.3) is 0 Å². The molecule has 1 fully saturated rings. The molecule has 0 aromatic carbocycles. The van der Waals surface area contributed by atoms with Gasteiger partial charge in [-0.05, 0) is 25.5 Å². The number of carbonyl (C=O) groups is 1. The molecule has 1 aliphatic rings. The highest BCUT2D eigenvalue weighted by Gasteiger charge is 2.19. The molecule has 0 radical (unpaired) electrons. The van der Waals surface area contributed by atoms with Crippen molar-refractivity contribution < 1.29 is 4.79 Å². The van der Waals surface area contributed by atoms with Crippen molar-refractivity contribution >= 4 is 5.91 Å². The Morgan fingerprint density at radius 3 is 3.18 bits per heavy atom. The van der Waals surface area contributed by atoms with Crippen LogP contribution in [0, 0.1) is 0 Å². The summed E-state index contributed by atoms with van der Waals surface area (Å²) in [5.74, 6) is 0.219. The molecule has 0 spiro atoms. The average molecular weight is 236 g/mol. The molecule has 1 saturated heterocycles. The van der Waals surface area contributed by atoms with Gasteiger partial charge in [0.15, 0.2) is 0 Å². The SMILES string of the molecule is CN(CCn1cccn1)C(=O)CC1CCCN1. The Hall–Kier alpha value is -1.36. The molecule has 1 aromatic heterocycles. The topological polar surface area (TPSA) is 50.2 Å². The Morgan fingerprint density at radius 1 is 1.65 bits per heavy atom. The van der Waals surface area contributed by atoms with E-state index in [4.69, 9.17) is 0 Å². The van der Waals surface area contributed by atoms with Crippen LogP contribution in [0.15, 0.2) is 18.5 Å². The van der Waals surface area contributed by atoms with Crippen LogP contribution in [-0.2, 0) is 11.3 Å². The van der Waals surface area contributed by atoms with Crippen LogP contribution in [0.5, 0.6) is 0 Å². The van der Waals surface area contributed by atoms with E-state index < -0.39 is 0 Å². The first-order valence-electron chi connectivity index (χ1n) is 6.20. The van der Waals surface area contributed by atoms with E-state index in [0.717, 1.165) is 19.5 Å². The van der Waals surface area contributed by atoms with Gasteiger partial charge >= 0.3 is 0 Å². The second-order valence-corrected chi connectivity index (χ2v) is 4.58. The van der Waals surface area contributed by atoms with E-state index in [9.17, 15) is 4.79 Å². The molecule has 2 heterocycles. The molecule has 0 saturated carbocycles. The first kappa shape index (κ1) is 12.1. The monoisotopic (exact) mass is 236 g/mol. The lowest BCUT2D eigenvalue weighted by Gasteiger charge is -2.19. The second-order valence-electron chi connectivity index (χ2n) is 4.58. The lowest BCUT2D eigenvalue weighted by molar-refractivity contribution is -0.130. The summed E-state index contributed by atoms with van der Waals surface area (Å²) in [5, 5.41) is 7.46. The van der Waals surface area contributed by atoms with Gasteiger partial charge in [0.25, 0.3) is 0 Å². The molecule has 1 unspecified atom stereocenters. The van der Waals surface area contributed by atoms with Crippen molar-refractivity contribution in [3.8, 4) is 0 Å². The van der Waals surface area contributed by atoms with E-state index in [1.807, 2.05) is 24.0 Å². The van der Waals surface area contributed by atoms with Gasteiger partial charge in [0, 0.05) is 38.4 Å². The molecule has 94 valence electrons. The third-order valence-electron chi connectivity index (χ3n) is 3.23. The zero-order chi connectivity index (χ0) is 12.1. The largest absolute Gasteiger partial charge is 0.344 e. The maximum absolute atomic E-state index is 11.9. The summed E-state index contributed by atoms with van der Waals surface area (Å²) in [6.07, 6.45) is 6.60. The third kappa shape index (κ3) is 3.56. The highest BCUT2D eigenvalue weighted by atomic mass is 16.2. The van der Waals surface area contributed by atoms with Crippen molar-refractivity contribution in [3.05, 3.63) is 18.5 Å². The van der Waals surface area contributed by atoms with Crippen LogP contribution in [0.4, 0.5) is 0 Å². The molecule has 17 heavy (non-hydrogen) atoms. The Kier molecular flexibility index (Phi) is 4.14. The first-order valence-corrected chi connectivity index (χ1v) is 6.20. The fourth-order valence-electron chi connectivity index (χ4n) is 2.11. The predicted octanol–water partition coefficient (Wildman–Crippen LogP) is 0.484. The summed E-state index contributed by atoms with van der Waals surface area (Å²) in [6.45, 7) is 2.52. The van der Waals surface area contributed by atoms with Gasteiger partial charge in [-0.3, -0.25) is 9.48 Å². The number of hydrogen-bond donors (Lipinski definition) is 1. The Labute approximate surface area is 102 Å². The number of amides is 1. The molecule has 0 aliphatic carbocycles. The molecule has 1 aromatic rings. The van der Waals surface area contributed by atoms with Crippen molar-refractivity contribution in [2.75, 3.05) is 20.1 Å². The van der Waals surface area contributed by atoms with E-state index in [1.54, 1.807) is 11.1 Å². The van der Waals surface area contributed by atoms with E-state index >= 15 is 0 Å².